The maximum atomic E-state index is 13.9. The Hall–Kier alpha value is -5.37. The van der Waals surface area contributed by atoms with E-state index in [0.29, 0.717) is 23.9 Å². The van der Waals surface area contributed by atoms with E-state index in [1.165, 1.54) is 53.4 Å². The zero-order valence-corrected chi connectivity index (χ0v) is 28.9. The van der Waals surface area contributed by atoms with Crippen LogP contribution < -0.4 is 15.4 Å². The zero-order chi connectivity index (χ0) is 36.2. The fourth-order valence-corrected chi connectivity index (χ4v) is 6.72. The third kappa shape index (κ3) is 7.91. The summed E-state index contributed by atoms with van der Waals surface area (Å²) < 4.78 is 32.7. The molecule has 0 spiro atoms. The number of Topliss-reactive ketones (excluding diaryl/α,β-unsaturated/α-hetero) is 1. The van der Waals surface area contributed by atoms with Gasteiger partial charge >= 0.3 is 0 Å². The molecule has 1 aliphatic rings. The van der Waals surface area contributed by atoms with E-state index < -0.39 is 57.6 Å². The molecule has 4 amide bonds. The maximum Gasteiger partial charge on any atom is 0.266 e. The number of aromatic nitrogens is 1. The van der Waals surface area contributed by atoms with Crippen LogP contribution in [0.3, 0.4) is 0 Å². The smallest absolute Gasteiger partial charge is 0.266 e. The Morgan fingerprint density at radius 3 is 2.00 bits per heavy atom. The van der Waals surface area contributed by atoms with Crippen LogP contribution in [0.15, 0.2) is 88.2 Å². The molecule has 1 saturated heterocycles. The molecule has 0 bridgehead atoms. The number of sulfonamides is 1. The van der Waals surface area contributed by atoms with Crippen LogP contribution in [0.1, 0.15) is 71.9 Å². The molecule has 0 radical (unpaired) electrons. The van der Waals surface area contributed by atoms with Crippen LogP contribution in [0, 0.1) is 11.8 Å². The molecule has 3 aromatic carbocycles. The van der Waals surface area contributed by atoms with Gasteiger partial charge in [0.2, 0.25) is 17.6 Å². The fraction of sp³-hybridized carbons (Fsp3) is 0.333. The highest BCUT2D eigenvalue weighted by atomic mass is 32.2. The second kappa shape index (κ2) is 15.0. The Morgan fingerprint density at radius 2 is 1.38 bits per heavy atom. The Bertz CT molecular complexity index is 1980. The predicted octanol–water partition coefficient (Wildman–Crippen LogP) is 3.72. The number of nitrogens with one attached hydrogen (secondary N) is 3. The molecule has 1 aliphatic heterocycles. The summed E-state index contributed by atoms with van der Waals surface area (Å²) in [6, 6.07) is 16.9. The van der Waals surface area contributed by atoms with Gasteiger partial charge < -0.3 is 20.0 Å². The normalized spacial score (nSPS) is 15.9. The molecule has 1 fully saturated rings. The molecule has 262 valence electrons. The molecule has 3 N–H and O–H groups in total. The zero-order valence-electron chi connectivity index (χ0n) is 28.1. The lowest BCUT2D eigenvalue weighted by molar-refractivity contribution is -0.140. The van der Waals surface area contributed by atoms with Crippen molar-refractivity contribution in [2.45, 2.75) is 63.6 Å². The van der Waals surface area contributed by atoms with Gasteiger partial charge in [0.25, 0.3) is 27.7 Å². The summed E-state index contributed by atoms with van der Waals surface area (Å²) in [5, 5.41) is 5.57. The number of nitrogens with zero attached hydrogens (tertiary/aromatic N) is 2. The first-order valence-electron chi connectivity index (χ1n) is 16.3. The quantitative estimate of drug-likeness (QED) is 0.185. The molecule has 1 unspecified atom stereocenters. The van der Waals surface area contributed by atoms with Crippen LogP contribution in [0.2, 0.25) is 0 Å². The van der Waals surface area contributed by atoms with Gasteiger partial charge in [-0.1, -0.05) is 58.0 Å². The Kier molecular flexibility index (Phi) is 10.8. The number of likely N-dealkylation sites (tertiary alicyclic amines) is 1. The number of ketones is 1. The van der Waals surface area contributed by atoms with E-state index in [1.54, 1.807) is 58.0 Å². The topological polar surface area (TPSA) is 185 Å². The molecule has 3 atom stereocenters. The number of carbonyl (C=O) groups is 5. The van der Waals surface area contributed by atoms with E-state index >= 15 is 0 Å². The third-order valence-electron chi connectivity index (χ3n) is 8.50. The van der Waals surface area contributed by atoms with Crippen LogP contribution in [-0.4, -0.2) is 72.4 Å². The van der Waals surface area contributed by atoms with Crippen LogP contribution in [0.5, 0.6) is 0 Å². The minimum atomic E-state index is -4.09. The van der Waals surface area contributed by atoms with Gasteiger partial charge in [0.05, 0.1) is 10.9 Å². The highest BCUT2D eigenvalue weighted by molar-refractivity contribution is 7.90. The van der Waals surface area contributed by atoms with Crippen molar-refractivity contribution in [3.05, 3.63) is 95.9 Å². The molecule has 0 saturated carbocycles. The second-order valence-electron chi connectivity index (χ2n) is 12.8. The number of rotatable bonds is 12. The molecule has 4 aromatic rings. The van der Waals surface area contributed by atoms with Crippen molar-refractivity contribution in [3.63, 3.8) is 0 Å². The minimum absolute atomic E-state index is 0.0118. The molecule has 2 heterocycles. The van der Waals surface area contributed by atoms with E-state index in [2.05, 4.69) is 15.6 Å². The molecule has 13 nitrogen and oxygen atoms in total. The summed E-state index contributed by atoms with van der Waals surface area (Å²) in [6.07, 6.45) is 0.930. The number of carbonyl (C=O) groups excluding carboxylic acids is 5. The molecule has 14 heteroatoms. The first-order valence-corrected chi connectivity index (χ1v) is 17.8. The third-order valence-corrected chi connectivity index (χ3v) is 9.85. The SMILES string of the molecule is CC(C)C(NC(=O)[C@@H]1CCCN1C(=O)[C@@H](NC(=O)c1ccc(C(=O)NS(=O)(=O)c2ccccc2)cc1)C(C)C)C(=O)c1nc2ccccc2o1. The molecule has 50 heavy (non-hydrogen) atoms. The van der Waals surface area contributed by atoms with Crippen LogP contribution in [-0.2, 0) is 19.6 Å². The largest absolute Gasteiger partial charge is 0.434 e. The number of amides is 4. The van der Waals surface area contributed by atoms with E-state index in [4.69, 9.17) is 4.42 Å². The molecular formula is C36H39N5O8S. The van der Waals surface area contributed by atoms with Gasteiger partial charge in [-0.3, -0.25) is 24.0 Å². The minimum Gasteiger partial charge on any atom is -0.434 e. The van der Waals surface area contributed by atoms with Crippen molar-refractivity contribution in [2.75, 3.05) is 6.54 Å². The summed E-state index contributed by atoms with van der Waals surface area (Å²) in [6.45, 7) is 7.40. The second-order valence-corrected chi connectivity index (χ2v) is 14.5. The summed E-state index contributed by atoms with van der Waals surface area (Å²) >= 11 is 0. The van der Waals surface area contributed by atoms with Crippen molar-refractivity contribution < 1.29 is 36.8 Å². The molecular weight excluding hydrogens is 662 g/mol. The molecule has 0 aliphatic carbocycles. The van der Waals surface area contributed by atoms with E-state index in [1.807, 2.05) is 4.72 Å². The highest BCUT2D eigenvalue weighted by Gasteiger charge is 2.40. The van der Waals surface area contributed by atoms with Crippen LogP contribution >= 0.6 is 0 Å². The Balaban J connectivity index is 1.24. The van der Waals surface area contributed by atoms with Gasteiger partial charge in [-0.25, -0.2) is 18.1 Å². The number of hydrogen-bond acceptors (Lipinski definition) is 9. The number of oxazole rings is 1. The van der Waals surface area contributed by atoms with Crippen LogP contribution in [0.4, 0.5) is 0 Å². The van der Waals surface area contributed by atoms with Gasteiger partial charge in [0.1, 0.15) is 17.6 Å². The van der Waals surface area contributed by atoms with Crippen molar-refractivity contribution in [1.29, 1.82) is 0 Å². The van der Waals surface area contributed by atoms with Crippen molar-refractivity contribution in [2.24, 2.45) is 11.8 Å². The summed E-state index contributed by atoms with van der Waals surface area (Å²) in [5.74, 6) is -3.65. The monoisotopic (exact) mass is 701 g/mol. The number of para-hydroxylation sites is 2. The molecule has 1 aromatic heterocycles. The number of fused-ring (bicyclic) bond motifs is 1. The first kappa shape index (κ1) is 35.9. The highest BCUT2D eigenvalue weighted by Crippen LogP contribution is 2.23. The van der Waals surface area contributed by atoms with Gasteiger partial charge in [-0.05, 0) is 73.2 Å². The van der Waals surface area contributed by atoms with Crippen molar-refractivity contribution in [1.82, 2.24) is 25.2 Å². The summed E-state index contributed by atoms with van der Waals surface area (Å²) in [7, 11) is -4.09. The lowest BCUT2D eigenvalue weighted by Gasteiger charge is -2.31. The number of hydrogen-bond donors (Lipinski definition) is 3. The lowest BCUT2D eigenvalue weighted by Crippen LogP contribution is -2.57. The molecule has 5 rings (SSSR count). The van der Waals surface area contributed by atoms with Gasteiger partial charge in [-0.2, -0.15) is 0 Å². The van der Waals surface area contributed by atoms with Gasteiger partial charge in [-0.15, -0.1) is 0 Å². The average molecular weight is 702 g/mol. The maximum absolute atomic E-state index is 13.9. The van der Waals surface area contributed by atoms with E-state index in [9.17, 15) is 32.4 Å². The average Bonchev–Trinajstić information content (AvgIpc) is 3.77. The van der Waals surface area contributed by atoms with Crippen molar-refractivity contribution in [3.8, 4) is 0 Å². The van der Waals surface area contributed by atoms with E-state index in [0.717, 1.165) is 0 Å². The fourth-order valence-electron chi connectivity index (χ4n) is 5.73. The predicted molar refractivity (Wildman–Crippen MR) is 183 cm³/mol. The van der Waals surface area contributed by atoms with Crippen LogP contribution in [0.25, 0.3) is 11.1 Å². The lowest BCUT2D eigenvalue weighted by atomic mass is 9.98. The summed E-state index contributed by atoms with van der Waals surface area (Å²) in [5.41, 5.74) is 1.13. The summed E-state index contributed by atoms with van der Waals surface area (Å²) in [4.78, 5) is 72.5. The Morgan fingerprint density at radius 1 is 0.780 bits per heavy atom. The standard InChI is InChI=1S/C36H39N5O8S/c1-21(2)29(31(42)35-37-26-13-8-9-15-28(26)49-35)38-34(45)27-14-10-20-41(27)36(46)30(22(3)4)39-32(43)23-16-18-24(19-17-23)33(44)40-50(47,48)25-11-6-5-7-12-25/h5-9,11-13,15-19,21-22,27,29-30H,10,14,20H2,1-4H3,(H,38,45)(H,39,43)(H,40,44)/t27-,29?,30-/m0/s1. The van der Waals surface area contributed by atoms with Gasteiger partial charge in [0, 0.05) is 17.7 Å². The number of benzene rings is 3. The Labute approximate surface area is 289 Å². The van der Waals surface area contributed by atoms with Gasteiger partial charge in [0.15, 0.2) is 5.58 Å². The van der Waals surface area contributed by atoms with Crippen molar-refractivity contribution >= 4 is 50.5 Å². The van der Waals surface area contributed by atoms with E-state index in [-0.39, 0.29) is 40.3 Å². The first-order chi connectivity index (χ1) is 23.8.